The molecule has 0 amide bonds. The zero-order chi connectivity index (χ0) is 16.5. The fraction of sp³-hybridized carbons (Fsp3) is 0.368. The van der Waals surface area contributed by atoms with Crippen LogP contribution in [0.1, 0.15) is 17.0 Å². The number of hydrogen-bond donors (Lipinski definition) is 1. The molecular formula is C19H22BrClN2O2. The van der Waals surface area contributed by atoms with Crippen LogP contribution in [0.4, 0.5) is 0 Å². The summed E-state index contributed by atoms with van der Waals surface area (Å²) in [5.74, 6) is 2.04. The number of nitrogens with zero attached hydrogens (tertiary/aromatic N) is 1. The molecule has 0 saturated carbocycles. The van der Waals surface area contributed by atoms with Gasteiger partial charge < -0.3 is 15.2 Å². The van der Waals surface area contributed by atoms with Crippen molar-refractivity contribution in [1.82, 2.24) is 4.90 Å². The van der Waals surface area contributed by atoms with E-state index < -0.39 is 0 Å². The van der Waals surface area contributed by atoms with Crippen LogP contribution in [0.15, 0.2) is 46.9 Å². The van der Waals surface area contributed by atoms with Crippen molar-refractivity contribution >= 4 is 28.3 Å². The second kappa shape index (κ2) is 7.96. The molecule has 2 aromatic carbocycles. The van der Waals surface area contributed by atoms with Gasteiger partial charge in [0.05, 0.1) is 0 Å². The monoisotopic (exact) mass is 424 g/mol. The number of ether oxygens (including phenoxy) is 2. The molecule has 0 radical (unpaired) electrons. The quantitative estimate of drug-likeness (QED) is 0.817. The molecule has 1 saturated heterocycles. The topological polar surface area (TPSA) is 47.7 Å². The molecule has 2 aromatic rings. The van der Waals surface area contributed by atoms with Crippen molar-refractivity contribution in [2.24, 2.45) is 5.73 Å². The average molecular weight is 426 g/mol. The highest BCUT2D eigenvalue weighted by Crippen LogP contribution is 2.37. The van der Waals surface area contributed by atoms with Crippen molar-refractivity contribution < 1.29 is 9.47 Å². The number of benzene rings is 2. The van der Waals surface area contributed by atoms with Gasteiger partial charge in [-0.05, 0) is 23.3 Å². The van der Waals surface area contributed by atoms with E-state index in [-0.39, 0.29) is 18.4 Å². The zero-order valence-electron chi connectivity index (χ0n) is 13.9. The van der Waals surface area contributed by atoms with Crippen LogP contribution in [0.25, 0.3) is 0 Å². The van der Waals surface area contributed by atoms with E-state index in [2.05, 4.69) is 51.2 Å². The Morgan fingerprint density at radius 2 is 1.72 bits per heavy atom. The molecule has 6 heteroatoms. The molecule has 0 aliphatic carbocycles. The third-order valence-electron chi connectivity index (χ3n) is 4.77. The minimum Gasteiger partial charge on any atom is -0.486 e. The van der Waals surface area contributed by atoms with Crippen molar-refractivity contribution in [2.75, 3.05) is 26.3 Å². The summed E-state index contributed by atoms with van der Waals surface area (Å²) in [6.07, 6.45) is 0. The number of halogens is 2. The van der Waals surface area contributed by atoms with Gasteiger partial charge in [0.25, 0.3) is 0 Å². The van der Waals surface area contributed by atoms with E-state index in [0.29, 0.717) is 19.1 Å². The van der Waals surface area contributed by atoms with Gasteiger partial charge in [0.15, 0.2) is 11.5 Å². The Hall–Kier alpha value is -1.27. The smallest absolute Gasteiger partial charge is 0.162 e. The van der Waals surface area contributed by atoms with Crippen molar-refractivity contribution in [3.8, 4) is 11.5 Å². The predicted molar refractivity (Wildman–Crippen MR) is 105 cm³/mol. The molecule has 2 aliphatic rings. The van der Waals surface area contributed by atoms with Crippen molar-refractivity contribution in [3.05, 3.63) is 58.1 Å². The number of nitrogens with two attached hydrogens (primary N) is 1. The summed E-state index contributed by atoms with van der Waals surface area (Å²) in [5.41, 5.74) is 8.94. The molecular weight excluding hydrogens is 404 g/mol. The van der Waals surface area contributed by atoms with Crippen LogP contribution < -0.4 is 15.2 Å². The van der Waals surface area contributed by atoms with Gasteiger partial charge in [-0.2, -0.15) is 0 Å². The van der Waals surface area contributed by atoms with Gasteiger partial charge in [0.1, 0.15) is 13.2 Å². The Balaban J connectivity index is 0.00000182. The highest BCUT2D eigenvalue weighted by molar-refractivity contribution is 9.10. The van der Waals surface area contributed by atoms with Gasteiger partial charge in [-0.1, -0.05) is 46.3 Å². The minimum absolute atomic E-state index is 0. The average Bonchev–Trinajstić information content (AvgIpc) is 2.97. The van der Waals surface area contributed by atoms with E-state index >= 15 is 0 Å². The molecule has 2 aliphatic heterocycles. The minimum atomic E-state index is 0. The van der Waals surface area contributed by atoms with Crippen LogP contribution in [-0.2, 0) is 6.54 Å². The molecule has 0 bridgehead atoms. The third-order valence-corrected chi connectivity index (χ3v) is 5.51. The first kappa shape index (κ1) is 18.5. The van der Waals surface area contributed by atoms with Crippen molar-refractivity contribution in [3.63, 3.8) is 0 Å². The first-order valence-electron chi connectivity index (χ1n) is 8.31. The summed E-state index contributed by atoms with van der Waals surface area (Å²) in [6.45, 7) is 3.96. The number of fused-ring (bicyclic) bond motifs is 1. The second-order valence-corrected chi connectivity index (χ2v) is 7.32. The summed E-state index contributed by atoms with van der Waals surface area (Å²) in [5, 5.41) is 0. The maximum absolute atomic E-state index is 6.41. The third kappa shape index (κ3) is 3.95. The van der Waals surface area contributed by atoms with Gasteiger partial charge in [-0.25, -0.2) is 0 Å². The van der Waals surface area contributed by atoms with Crippen LogP contribution in [0, 0.1) is 0 Å². The Labute approximate surface area is 162 Å². The fourth-order valence-electron chi connectivity index (χ4n) is 3.56. The van der Waals surface area contributed by atoms with Gasteiger partial charge >= 0.3 is 0 Å². The molecule has 4 nitrogen and oxygen atoms in total. The Morgan fingerprint density at radius 1 is 1.04 bits per heavy atom. The van der Waals surface area contributed by atoms with E-state index in [1.165, 1.54) is 11.1 Å². The van der Waals surface area contributed by atoms with Crippen LogP contribution in [-0.4, -0.2) is 37.2 Å². The second-order valence-electron chi connectivity index (χ2n) is 6.46. The Bertz CT molecular complexity index is 729. The van der Waals surface area contributed by atoms with Crippen molar-refractivity contribution in [2.45, 2.75) is 18.5 Å². The van der Waals surface area contributed by atoms with E-state index in [1.807, 2.05) is 12.1 Å². The van der Waals surface area contributed by atoms with Gasteiger partial charge in [0.2, 0.25) is 0 Å². The van der Waals surface area contributed by atoms with Crippen LogP contribution >= 0.6 is 28.3 Å². The largest absolute Gasteiger partial charge is 0.486 e. The number of likely N-dealkylation sites (tertiary alicyclic amines) is 1. The van der Waals surface area contributed by atoms with Gasteiger partial charge in [-0.15, -0.1) is 12.4 Å². The summed E-state index contributed by atoms with van der Waals surface area (Å²) in [7, 11) is 0. The summed E-state index contributed by atoms with van der Waals surface area (Å²) >= 11 is 3.66. The standard InChI is InChI=1S/C19H21BrN2O2.ClH/c20-16-9-19-18(23-6-7-24-19)8-14(16)10-22-11-15(17(21)12-22)13-4-2-1-3-5-13;/h1-5,8-9,15,17H,6-7,10-12,21H2;1H/t15-,17+;/m0./s1. The molecule has 1 fully saturated rings. The van der Waals surface area contributed by atoms with Crippen LogP contribution in [0.3, 0.4) is 0 Å². The maximum Gasteiger partial charge on any atom is 0.162 e. The molecule has 25 heavy (non-hydrogen) atoms. The molecule has 2 heterocycles. The van der Waals surface area contributed by atoms with E-state index in [9.17, 15) is 0 Å². The highest BCUT2D eigenvalue weighted by atomic mass is 79.9. The Morgan fingerprint density at radius 3 is 2.44 bits per heavy atom. The lowest BCUT2D eigenvalue weighted by atomic mass is 9.95. The van der Waals surface area contributed by atoms with Crippen LogP contribution in [0.2, 0.25) is 0 Å². The SMILES string of the molecule is Cl.N[C@@H]1CN(Cc2cc3c(cc2Br)OCCO3)C[C@H]1c1ccccc1. The van der Waals surface area contributed by atoms with Gasteiger partial charge in [-0.3, -0.25) is 4.90 Å². The normalized spacial score (nSPS) is 22.5. The lowest BCUT2D eigenvalue weighted by Gasteiger charge is -2.22. The zero-order valence-corrected chi connectivity index (χ0v) is 16.3. The molecule has 134 valence electrons. The van der Waals surface area contributed by atoms with Crippen LogP contribution in [0.5, 0.6) is 11.5 Å². The lowest BCUT2D eigenvalue weighted by Crippen LogP contribution is -2.28. The molecule has 0 spiro atoms. The van der Waals surface area contributed by atoms with Crippen molar-refractivity contribution in [1.29, 1.82) is 0 Å². The van der Waals surface area contributed by atoms with Gasteiger partial charge in [0, 0.05) is 36.1 Å². The fourth-order valence-corrected chi connectivity index (χ4v) is 4.01. The summed E-state index contributed by atoms with van der Waals surface area (Å²) in [6, 6.07) is 14.8. The van der Waals surface area contributed by atoms with E-state index in [4.69, 9.17) is 15.2 Å². The highest BCUT2D eigenvalue weighted by Gasteiger charge is 2.31. The number of hydrogen-bond acceptors (Lipinski definition) is 4. The predicted octanol–water partition coefficient (Wildman–Crippen LogP) is 3.57. The van der Waals surface area contributed by atoms with E-state index in [1.54, 1.807) is 0 Å². The molecule has 0 aromatic heterocycles. The summed E-state index contributed by atoms with van der Waals surface area (Å²) in [4.78, 5) is 2.42. The molecule has 2 atom stereocenters. The molecule has 0 unspecified atom stereocenters. The number of rotatable bonds is 3. The molecule has 4 rings (SSSR count). The first-order valence-corrected chi connectivity index (χ1v) is 9.11. The molecule has 2 N–H and O–H groups in total. The summed E-state index contributed by atoms with van der Waals surface area (Å²) < 4.78 is 12.4. The lowest BCUT2D eigenvalue weighted by molar-refractivity contribution is 0.171. The maximum atomic E-state index is 6.41. The van der Waals surface area contributed by atoms with E-state index in [0.717, 1.165) is 35.6 Å². The Kier molecular flexibility index (Phi) is 5.89. The first-order chi connectivity index (χ1) is 11.7.